The van der Waals surface area contributed by atoms with E-state index in [1.54, 1.807) is 6.07 Å². The molecule has 4 nitrogen and oxygen atoms in total. The zero-order chi connectivity index (χ0) is 15.5. The molecule has 1 aromatic rings. The van der Waals surface area contributed by atoms with Crippen LogP contribution in [-0.2, 0) is 6.42 Å². The number of aryl methyl sites for hydroxylation is 1. The minimum atomic E-state index is -4.49. The Kier molecular flexibility index (Phi) is 4.72. The van der Waals surface area contributed by atoms with E-state index in [-0.39, 0.29) is 12.1 Å². The second-order valence-corrected chi connectivity index (χ2v) is 4.94. The third kappa shape index (κ3) is 3.87. The first kappa shape index (κ1) is 15.6. The Bertz CT molecular complexity index is 517. The number of carbonyl (C=O) groups is 1. The number of benzene rings is 1. The van der Waals surface area contributed by atoms with Gasteiger partial charge in [-0.05, 0) is 24.5 Å². The minimum absolute atomic E-state index is 0.227. The molecule has 0 fully saturated rings. The van der Waals surface area contributed by atoms with Crippen molar-refractivity contribution in [3.63, 3.8) is 0 Å². The van der Waals surface area contributed by atoms with Gasteiger partial charge >= 0.3 is 6.18 Å². The van der Waals surface area contributed by atoms with Gasteiger partial charge in [0.15, 0.2) is 0 Å². The van der Waals surface area contributed by atoms with Gasteiger partial charge in [-0.2, -0.15) is 13.2 Å². The number of alkyl halides is 3. The first-order chi connectivity index (χ1) is 9.92. The average molecular weight is 302 g/mol. The van der Waals surface area contributed by atoms with E-state index < -0.39 is 25.2 Å². The van der Waals surface area contributed by atoms with Gasteiger partial charge in [0, 0.05) is 13.1 Å². The Morgan fingerprint density at radius 3 is 2.81 bits per heavy atom. The maximum Gasteiger partial charge on any atom is 0.406 e. The zero-order valence-corrected chi connectivity index (χ0v) is 11.4. The molecule has 1 aliphatic rings. The summed E-state index contributed by atoms with van der Waals surface area (Å²) in [4.78, 5) is 13.0. The van der Waals surface area contributed by atoms with Gasteiger partial charge in [-0.15, -0.1) is 0 Å². The van der Waals surface area contributed by atoms with Crippen molar-refractivity contribution >= 4 is 11.6 Å². The number of anilines is 1. The molecule has 0 atom stereocenters. The number of carbonyl (C=O) groups excluding carboxylic acids is 1. The van der Waals surface area contributed by atoms with Crippen LogP contribution in [0.4, 0.5) is 18.9 Å². The van der Waals surface area contributed by atoms with Gasteiger partial charge in [-0.25, -0.2) is 0 Å². The van der Waals surface area contributed by atoms with E-state index in [2.05, 4.69) is 5.32 Å². The molecule has 0 saturated heterocycles. The number of hydrogen-bond donors (Lipinski definition) is 2. The molecule has 116 valence electrons. The van der Waals surface area contributed by atoms with E-state index in [0.29, 0.717) is 17.1 Å². The summed E-state index contributed by atoms with van der Waals surface area (Å²) in [5, 5.41) is 12.0. The number of amides is 1. The summed E-state index contributed by atoms with van der Waals surface area (Å²) in [6, 6.07) is 5.04. The number of halogens is 3. The molecule has 1 aromatic carbocycles. The highest BCUT2D eigenvalue weighted by Crippen LogP contribution is 2.28. The minimum Gasteiger partial charge on any atom is -0.395 e. The molecule has 0 aromatic heterocycles. The van der Waals surface area contributed by atoms with Crippen LogP contribution < -0.4 is 5.32 Å². The molecule has 0 aliphatic carbocycles. The first-order valence-corrected chi connectivity index (χ1v) is 6.75. The highest BCUT2D eigenvalue weighted by Gasteiger charge is 2.34. The average Bonchev–Trinajstić information content (AvgIpc) is 2.44. The monoisotopic (exact) mass is 302 g/mol. The van der Waals surface area contributed by atoms with Crippen molar-refractivity contribution in [2.24, 2.45) is 0 Å². The molecule has 21 heavy (non-hydrogen) atoms. The fourth-order valence-corrected chi connectivity index (χ4v) is 2.45. The summed E-state index contributed by atoms with van der Waals surface area (Å²) >= 11 is 0. The molecule has 0 radical (unpaired) electrons. The Hall–Kier alpha value is -1.76. The smallest absolute Gasteiger partial charge is 0.395 e. The van der Waals surface area contributed by atoms with Gasteiger partial charge < -0.3 is 15.3 Å². The fourth-order valence-electron chi connectivity index (χ4n) is 2.45. The van der Waals surface area contributed by atoms with E-state index in [9.17, 15) is 18.0 Å². The largest absolute Gasteiger partial charge is 0.406 e. The van der Waals surface area contributed by atoms with Crippen molar-refractivity contribution < 1.29 is 23.1 Å². The number of rotatable bonds is 4. The molecule has 0 unspecified atom stereocenters. The molecule has 1 amide bonds. The van der Waals surface area contributed by atoms with E-state index >= 15 is 0 Å². The second kappa shape index (κ2) is 6.34. The van der Waals surface area contributed by atoms with Crippen LogP contribution in [0.1, 0.15) is 22.3 Å². The third-order valence-corrected chi connectivity index (χ3v) is 3.33. The van der Waals surface area contributed by atoms with Gasteiger partial charge in [-0.3, -0.25) is 4.79 Å². The Labute approximate surface area is 120 Å². The maximum atomic E-state index is 12.6. The van der Waals surface area contributed by atoms with E-state index in [4.69, 9.17) is 5.11 Å². The van der Waals surface area contributed by atoms with Gasteiger partial charge in [0.1, 0.15) is 6.54 Å². The molecule has 0 saturated carbocycles. The molecule has 7 heteroatoms. The van der Waals surface area contributed by atoms with Crippen LogP contribution >= 0.6 is 0 Å². The molecular weight excluding hydrogens is 285 g/mol. The highest BCUT2D eigenvalue weighted by molar-refractivity contribution is 6.00. The third-order valence-electron chi connectivity index (χ3n) is 3.33. The summed E-state index contributed by atoms with van der Waals surface area (Å²) in [6.07, 6.45) is -2.77. The molecular formula is C14H17F3N2O2. The van der Waals surface area contributed by atoms with Crippen molar-refractivity contribution in [3.8, 4) is 0 Å². The predicted molar refractivity (Wildman–Crippen MR) is 72.3 cm³/mol. The lowest BCUT2D eigenvalue weighted by atomic mass is 9.99. The molecule has 1 aliphatic heterocycles. The molecule has 1 heterocycles. The standard InChI is InChI=1S/C14H17F3N2O2/c15-14(16,17)9-19(7-8-20)13(21)11-5-1-3-10-4-2-6-18-12(10)11/h1,3,5,18,20H,2,4,6-9H2. The summed E-state index contributed by atoms with van der Waals surface area (Å²) < 4.78 is 37.7. The molecule has 0 spiro atoms. The van der Waals surface area contributed by atoms with Crippen LogP contribution in [0.25, 0.3) is 0 Å². The van der Waals surface area contributed by atoms with Crippen molar-refractivity contribution in [2.45, 2.75) is 19.0 Å². The van der Waals surface area contributed by atoms with E-state index in [0.717, 1.165) is 18.4 Å². The lowest BCUT2D eigenvalue weighted by molar-refractivity contribution is -0.141. The van der Waals surface area contributed by atoms with Crippen LogP contribution in [-0.4, -0.2) is 48.3 Å². The lowest BCUT2D eigenvalue weighted by Crippen LogP contribution is -2.41. The number of nitrogens with one attached hydrogen (secondary N) is 1. The molecule has 2 N–H and O–H groups in total. The SMILES string of the molecule is O=C(c1cccc2c1NCCC2)N(CCO)CC(F)(F)F. The Morgan fingerprint density at radius 2 is 2.14 bits per heavy atom. The number of para-hydroxylation sites is 1. The number of aliphatic hydroxyl groups excluding tert-OH is 1. The summed E-state index contributed by atoms with van der Waals surface area (Å²) in [5.74, 6) is -0.715. The number of hydrogen-bond acceptors (Lipinski definition) is 3. The predicted octanol–water partition coefficient (Wildman–Crippen LogP) is 2.04. The zero-order valence-electron chi connectivity index (χ0n) is 11.4. The maximum absolute atomic E-state index is 12.6. The molecule has 0 bridgehead atoms. The van der Waals surface area contributed by atoms with Crippen LogP contribution in [0.2, 0.25) is 0 Å². The summed E-state index contributed by atoms with van der Waals surface area (Å²) in [6.45, 7) is -1.53. The Morgan fingerprint density at radius 1 is 1.38 bits per heavy atom. The van der Waals surface area contributed by atoms with Crippen molar-refractivity contribution in [2.75, 3.05) is 31.6 Å². The second-order valence-electron chi connectivity index (χ2n) is 4.94. The van der Waals surface area contributed by atoms with E-state index in [1.807, 2.05) is 6.07 Å². The normalized spacial score (nSPS) is 14.3. The van der Waals surface area contributed by atoms with E-state index in [1.165, 1.54) is 6.07 Å². The topological polar surface area (TPSA) is 52.6 Å². The number of aliphatic hydroxyl groups is 1. The van der Waals surface area contributed by atoms with Gasteiger partial charge in [0.2, 0.25) is 0 Å². The molecule has 2 rings (SSSR count). The quantitative estimate of drug-likeness (QED) is 0.895. The van der Waals surface area contributed by atoms with Crippen molar-refractivity contribution in [1.29, 1.82) is 0 Å². The van der Waals surface area contributed by atoms with Crippen LogP contribution in [0.15, 0.2) is 18.2 Å². The van der Waals surface area contributed by atoms with Crippen LogP contribution in [0, 0.1) is 0 Å². The van der Waals surface area contributed by atoms with Crippen molar-refractivity contribution in [1.82, 2.24) is 4.90 Å². The van der Waals surface area contributed by atoms with Gasteiger partial charge in [0.05, 0.1) is 17.9 Å². The highest BCUT2D eigenvalue weighted by atomic mass is 19.4. The summed E-state index contributed by atoms with van der Waals surface area (Å²) in [7, 11) is 0. The number of nitrogens with zero attached hydrogens (tertiary/aromatic N) is 1. The van der Waals surface area contributed by atoms with Crippen LogP contribution in [0.3, 0.4) is 0 Å². The lowest BCUT2D eigenvalue weighted by Gasteiger charge is -2.26. The Balaban J connectivity index is 2.28. The van der Waals surface area contributed by atoms with Crippen LogP contribution in [0.5, 0.6) is 0 Å². The van der Waals surface area contributed by atoms with Crippen molar-refractivity contribution in [3.05, 3.63) is 29.3 Å². The first-order valence-electron chi connectivity index (χ1n) is 6.75. The van der Waals surface area contributed by atoms with Gasteiger partial charge in [-0.1, -0.05) is 12.1 Å². The summed E-state index contributed by atoms with van der Waals surface area (Å²) in [5.41, 5.74) is 1.77. The van der Waals surface area contributed by atoms with Gasteiger partial charge in [0.25, 0.3) is 5.91 Å². The number of fused-ring (bicyclic) bond motifs is 1. The fraction of sp³-hybridized carbons (Fsp3) is 0.500.